The summed E-state index contributed by atoms with van der Waals surface area (Å²) in [7, 11) is 0. The molecule has 0 atom stereocenters. The second-order valence-corrected chi connectivity index (χ2v) is 2.54. The molecule has 1 rings (SSSR count). The Labute approximate surface area is 114 Å². The zero-order valence-electron chi connectivity index (χ0n) is 7.55. The van der Waals surface area contributed by atoms with Crippen molar-refractivity contribution in [3.63, 3.8) is 0 Å². The Balaban J connectivity index is 0.00000121. The van der Waals surface area contributed by atoms with Gasteiger partial charge in [0.2, 0.25) is 0 Å². The van der Waals surface area contributed by atoms with Gasteiger partial charge in [-0.3, -0.25) is 4.79 Å². The van der Waals surface area contributed by atoms with E-state index in [1.807, 2.05) is 0 Å². The summed E-state index contributed by atoms with van der Waals surface area (Å²) in [4.78, 5) is 10.8. The van der Waals surface area contributed by atoms with Gasteiger partial charge in [-0.05, 0) is 19.9 Å². The Hall–Kier alpha value is 0.326. The van der Waals surface area contributed by atoms with Crippen LogP contribution >= 0.6 is 0 Å². The minimum Gasteiger partial charge on any atom is -0.872 e. The Morgan fingerprint density at radius 3 is 2.42 bits per heavy atom. The summed E-state index contributed by atoms with van der Waals surface area (Å²) in [6.45, 7) is 3.19. The number of hydrogen-bond donors (Lipinski definition) is 0. The Morgan fingerprint density at radius 2 is 2.00 bits per heavy atom. The number of rotatable bonds is 1. The number of benzene rings is 1. The molecule has 0 N–H and O–H groups in total. The van der Waals surface area contributed by atoms with Crippen molar-refractivity contribution in [2.24, 2.45) is 0 Å². The number of Topliss-reactive ketones (excluding diaryl/α,β-unsaturated/α-hetero) is 1. The molecular formula is C9H9KO2. The Morgan fingerprint density at radius 1 is 1.42 bits per heavy atom. The van der Waals surface area contributed by atoms with Gasteiger partial charge in [-0.2, -0.15) is 0 Å². The van der Waals surface area contributed by atoms with Crippen molar-refractivity contribution >= 4 is 5.78 Å². The van der Waals surface area contributed by atoms with E-state index in [9.17, 15) is 9.90 Å². The van der Waals surface area contributed by atoms with Gasteiger partial charge in [0.05, 0.1) is 0 Å². The largest absolute Gasteiger partial charge is 1.00 e. The molecule has 0 aliphatic heterocycles. The van der Waals surface area contributed by atoms with Gasteiger partial charge in [0.25, 0.3) is 0 Å². The van der Waals surface area contributed by atoms with Crippen LogP contribution in [-0.2, 0) is 0 Å². The molecule has 0 bridgehead atoms. The second kappa shape index (κ2) is 5.14. The van der Waals surface area contributed by atoms with Crippen molar-refractivity contribution in [3.05, 3.63) is 29.3 Å². The monoisotopic (exact) mass is 188 g/mol. The maximum atomic E-state index is 10.9. The van der Waals surface area contributed by atoms with Crippen LogP contribution in [0, 0.1) is 6.92 Å². The van der Waals surface area contributed by atoms with Crippen molar-refractivity contribution in [1.82, 2.24) is 0 Å². The standard InChI is InChI=1S/C9H10O2.K/c1-6-5-8(7(2)10)3-4-9(6)11;/h3-5,11H,1-2H3;/q;+1/p-1. The molecule has 12 heavy (non-hydrogen) atoms. The van der Waals surface area contributed by atoms with Gasteiger partial charge in [0.15, 0.2) is 5.78 Å². The smallest absolute Gasteiger partial charge is 0.872 e. The second-order valence-electron chi connectivity index (χ2n) is 2.54. The first-order chi connectivity index (χ1) is 5.11. The van der Waals surface area contributed by atoms with E-state index in [2.05, 4.69) is 0 Å². The molecule has 0 aliphatic carbocycles. The van der Waals surface area contributed by atoms with Crippen molar-refractivity contribution in [2.45, 2.75) is 13.8 Å². The number of ketones is 1. The van der Waals surface area contributed by atoms with Gasteiger partial charge >= 0.3 is 51.4 Å². The van der Waals surface area contributed by atoms with Crippen LogP contribution in [-0.4, -0.2) is 5.78 Å². The maximum absolute atomic E-state index is 10.9. The van der Waals surface area contributed by atoms with Crippen LogP contribution in [0.4, 0.5) is 0 Å². The summed E-state index contributed by atoms with van der Waals surface area (Å²) in [5, 5.41) is 10.9. The molecule has 1 aromatic rings. The van der Waals surface area contributed by atoms with Crippen LogP contribution in [0.3, 0.4) is 0 Å². The van der Waals surface area contributed by atoms with E-state index in [1.54, 1.807) is 19.1 Å². The molecule has 0 aromatic heterocycles. The summed E-state index contributed by atoms with van der Waals surface area (Å²) in [6, 6.07) is 4.59. The summed E-state index contributed by atoms with van der Waals surface area (Å²) >= 11 is 0. The molecule has 0 radical (unpaired) electrons. The third-order valence-electron chi connectivity index (χ3n) is 1.58. The van der Waals surface area contributed by atoms with Crippen molar-refractivity contribution in [1.29, 1.82) is 0 Å². The van der Waals surface area contributed by atoms with Gasteiger partial charge in [-0.1, -0.05) is 17.7 Å². The van der Waals surface area contributed by atoms with Crippen molar-refractivity contribution in [3.8, 4) is 5.75 Å². The van der Waals surface area contributed by atoms with Gasteiger partial charge in [-0.25, -0.2) is 0 Å². The SMILES string of the molecule is CC(=O)c1ccc([O-])c(C)c1.[K+]. The van der Waals surface area contributed by atoms with Crippen molar-refractivity contribution < 1.29 is 61.3 Å². The molecule has 2 nitrogen and oxygen atoms in total. The van der Waals surface area contributed by atoms with Crippen LogP contribution in [0.5, 0.6) is 5.75 Å². The van der Waals surface area contributed by atoms with Crippen LogP contribution in [0.1, 0.15) is 22.8 Å². The third kappa shape index (κ3) is 2.99. The summed E-state index contributed by atoms with van der Waals surface area (Å²) in [5.74, 6) is -0.0249. The average molecular weight is 188 g/mol. The Bertz CT molecular complexity index is 295. The summed E-state index contributed by atoms with van der Waals surface area (Å²) in [6.07, 6.45) is 0. The molecule has 1 aromatic carbocycles. The van der Waals surface area contributed by atoms with Crippen LogP contribution < -0.4 is 56.5 Å². The van der Waals surface area contributed by atoms with E-state index in [4.69, 9.17) is 0 Å². The van der Waals surface area contributed by atoms with E-state index in [-0.39, 0.29) is 62.9 Å². The molecule has 3 heteroatoms. The predicted molar refractivity (Wildman–Crippen MR) is 40.6 cm³/mol. The quantitative estimate of drug-likeness (QED) is 0.388. The number of hydrogen-bond acceptors (Lipinski definition) is 2. The first-order valence-electron chi connectivity index (χ1n) is 3.40. The van der Waals surface area contributed by atoms with E-state index < -0.39 is 0 Å². The molecule has 0 heterocycles. The van der Waals surface area contributed by atoms with E-state index in [0.717, 1.165) is 0 Å². The van der Waals surface area contributed by atoms with Crippen LogP contribution in [0.2, 0.25) is 0 Å². The molecule has 0 unspecified atom stereocenters. The van der Waals surface area contributed by atoms with Gasteiger partial charge < -0.3 is 5.11 Å². The van der Waals surface area contributed by atoms with Gasteiger partial charge in [-0.15, -0.1) is 5.75 Å². The van der Waals surface area contributed by atoms with E-state index >= 15 is 0 Å². The van der Waals surface area contributed by atoms with E-state index in [0.29, 0.717) is 11.1 Å². The summed E-state index contributed by atoms with van der Waals surface area (Å²) < 4.78 is 0. The normalized spacial score (nSPS) is 8.83. The van der Waals surface area contributed by atoms with Crippen LogP contribution in [0.15, 0.2) is 18.2 Å². The molecular weight excluding hydrogens is 179 g/mol. The fourth-order valence-corrected chi connectivity index (χ4v) is 0.868. The third-order valence-corrected chi connectivity index (χ3v) is 1.58. The molecule has 58 valence electrons. The molecule has 0 aliphatic rings. The zero-order chi connectivity index (χ0) is 8.43. The maximum Gasteiger partial charge on any atom is 1.00 e. The fraction of sp³-hybridized carbons (Fsp3) is 0.222. The summed E-state index contributed by atoms with van der Waals surface area (Å²) in [5.41, 5.74) is 1.22. The Kier molecular flexibility index (Phi) is 5.28. The first-order valence-corrected chi connectivity index (χ1v) is 3.40. The van der Waals surface area contributed by atoms with Gasteiger partial charge in [0, 0.05) is 5.56 Å². The van der Waals surface area contributed by atoms with Gasteiger partial charge in [0.1, 0.15) is 0 Å². The predicted octanol–water partition coefficient (Wildman–Crippen LogP) is -1.72. The molecule has 0 saturated heterocycles. The first kappa shape index (κ1) is 12.3. The average Bonchev–Trinajstić information content (AvgIpc) is 1.94. The molecule has 0 spiro atoms. The number of carbonyl (C=O) groups excluding carboxylic acids is 1. The number of carbonyl (C=O) groups is 1. The zero-order valence-corrected chi connectivity index (χ0v) is 10.7. The van der Waals surface area contributed by atoms with Crippen molar-refractivity contribution in [2.75, 3.05) is 0 Å². The fourth-order valence-electron chi connectivity index (χ4n) is 0.868. The molecule has 0 fully saturated rings. The minimum atomic E-state index is -0.0185. The van der Waals surface area contributed by atoms with E-state index in [1.165, 1.54) is 13.0 Å². The molecule has 0 amide bonds. The minimum absolute atomic E-state index is 0. The topological polar surface area (TPSA) is 40.1 Å². The van der Waals surface area contributed by atoms with Crippen LogP contribution in [0.25, 0.3) is 0 Å². The molecule has 0 saturated carbocycles. The number of aryl methyl sites for hydroxylation is 1.